The lowest BCUT2D eigenvalue weighted by molar-refractivity contribution is -0.384. The summed E-state index contributed by atoms with van der Waals surface area (Å²) in [6.45, 7) is 1.09. The van der Waals surface area contributed by atoms with E-state index < -0.39 is 10.5 Å². The summed E-state index contributed by atoms with van der Waals surface area (Å²) in [6.07, 6.45) is 2.17. The third-order valence-electron chi connectivity index (χ3n) is 3.95. The minimum absolute atomic E-state index is 0.0104. The van der Waals surface area contributed by atoms with Crippen molar-refractivity contribution in [3.63, 3.8) is 0 Å². The number of benzene rings is 1. The quantitative estimate of drug-likeness (QED) is 0.659. The number of nitro groups is 1. The van der Waals surface area contributed by atoms with E-state index in [4.69, 9.17) is 4.74 Å². The smallest absolute Gasteiger partial charge is 0.275 e. The molecule has 1 N–H and O–H groups in total. The van der Waals surface area contributed by atoms with Crippen LogP contribution in [0.5, 0.6) is 5.75 Å². The molecule has 1 aromatic rings. The monoisotopic (exact) mass is 264 g/mol. The Morgan fingerprint density at radius 3 is 2.63 bits per heavy atom. The highest BCUT2D eigenvalue weighted by Gasteiger charge is 2.52. The zero-order valence-corrected chi connectivity index (χ0v) is 10.7. The second kappa shape index (κ2) is 4.09. The van der Waals surface area contributed by atoms with Crippen molar-refractivity contribution in [3.8, 4) is 5.75 Å². The van der Waals surface area contributed by atoms with Crippen LogP contribution in [0.1, 0.15) is 12.8 Å². The number of hydrogen-bond donors (Lipinski definition) is 1. The Morgan fingerprint density at radius 1 is 1.42 bits per heavy atom. The average Bonchev–Trinajstić information content (AvgIpc) is 3.18. The van der Waals surface area contributed by atoms with Gasteiger partial charge in [0.25, 0.3) is 5.69 Å². The molecule has 0 amide bonds. The maximum Gasteiger partial charge on any atom is 0.275 e. The van der Waals surface area contributed by atoms with E-state index in [2.05, 4.69) is 0 Å². The predicted molar refractivity (Wildman–Crippen MR) is 69.5 cm³/mol. The van der Waals surface area contributed by atoms with Crippen LogP contribution in [0, 0.1) is 16.0 Å². The Labute approximate surface area is 110 Å². The Morgan fingerprint density at radius 2 is 2.11 bits per heavy atom. The number of non-ortho nitro benzene ring substituents is 1. The maximum atomic E-state index is 10.9. The van der Waals surface area contributed by atoms with Gasteiger partial charge in [0.2, 0.25) is 0 Å². The molecule has 1 saturated heterocycles. The molecule has 0 bridgehead atoms. The van der Waals surface area contributed by atoms with E-state index in [0.29, 0.717) is 24.8 Å². The summed E-state index contributed by atoms with van der Waals surface area (Å²) in [4.78, 5) is 12.4. The third-order valence-corrected chi connectivity index (χ3v) is 3.95. The zero-order chi connectivity index (χ0) is 13.6. The van der Waals surface area contributed by atoms with Crippen molar-refractivity contribution in [2.24, 2.45) is 5.92 Å². The molecule has 6 nitrogen and oxygen atoms in total. The summed E-state index contributed by atoms with van der Waals surface area (Å²) in [5, 5.41) is 21.2. The summed E-state index contributed by atoms with van der Waals surface area (Å²) in [5.74, 6) is 0.871. The van der Waals surface area contributed by atoms with E-state index in [1.165, 1.54) is 19.2 Å². The van der Waals surface area contributed by atoms with E-state index in [1.807, 2.05) is 4.90 Å². The lowest BCUT2D eigenvalue weighted by Gasteiger charge is -2.48. The van der Waals surface area contributed by atoms with Crippen molar-refractivity contribution in [3.05, 3.63) is 28.3 Å². The van der Waals surface area contributed by atoms with Gasteiger partial charge in [0.15, 0.2) is 0 Å². The van der Waals surface area contributed by atoms with Gasteiger partial charge < -0.3 is 14.7 Å². The molecule has 19 heavy (non-hydrogen) atoms. The second-order valence-electron chi connectivity index (χ2n) is 5.38. The highest BCUT2D eigenvalue weighted by Crippen LogP contribution is 2.46. The fourth-order valence-electron chi connectivity index (χ4n) is 2.65. The lowest BCUT2D eigenvalue weighted by atomic mass is 9.88. The van der Waals surface area contributed by atoms with E-state index >= 15 is 0 Å². The van der Waals surface area contributed by atoms with Crippen LogP contribution in [0.25, 0.3) is 0 Å². The van der Waals surface area contributed by atoms with Crippen molar-refractivity contribution in [2.75, 3.05) is 25.1 Å². The largest absolute Gasteiger partial charge is 0.496 e. The molecule has 0 unspecified atom stereocenters. The highest BCUT2D eigenvalue weighted by atomic mass is 16.6. The number of nitro benzene ring substituents is 1. The van der Waals surface area contributed by atoms with Gasteiger partial charge >= 0.3 is 0 Å². The molecule has 1 aliphatic carbocycles. The topological polar surface area (TPSA) is 75.8 Å². The van der Waals surface area contributed by atoms with Crippen LogP contribution in [0.3, 0.4) is 0 Å². The molecule has 0 spiro atoms. The molecule has 1 heterocycles. The first-order valence-corrected chi connectivity index (χ1v) is 6.33. The molecule has 1 aromatic carbocycles. The minimum atomic E-state index is -0.599. The number of nitrogens with zero attached hydrogens (tertiary/aromatic N) is 2. The Hall–Kier alpha value is -1.82. The number of hydrogen-bond acceptors (Lipinski definition) is 5. The van der Waals surface area contributed by atoms with Gasteiger partial charge in [0.1, 0.15) is 11.4 Å². The molecule has 0 aromatic heterocycles. The number of aliphatic hydroxyl groups is 1. The minimum Gasteiger partial charge on any atom is -0.496 e. The summed E-state index contributed by atoms with van der Waals surface area (Å²) in [5.41, 5.74) is 0.144. The number of ether oxygens (including phenoxy) is 1. The Kier molecular flexibility index (Phi) is 2.63. The normalized spacial score (nSPS) is 20.8. The van der Waals surface area contributed by atoms with Crippen LogP contribution < -0.4 is 9.64 Å². The Balaban J connectivity index is 1.81. The number of β-amino-alcohol motifs (C(OH)–C–C–N with tert-alkyl or cyclic N) is 1. The first-order chi connectivity index (χ1) is 9.01. The van der Waals surface area contributed by atoms with Gasteiger partial charge in [-0.1, -0.05) is 0 Å². The number of methoxy groups -OCH3 is 1. The van der Waals surface area contributed by atoms with Gasteiger partial charge in [-0.15, -0.1) is 0 Å². The molecule has 2 aliphatic rings. The fourth-order valence-corrected chi connectivity index (χ4v) is 2.65. The first-order valence-electron chi connectivity index (χ1n) is 6.33. The van der Waals surface area contributed by atoms with Crippen LogP contribution >= 0.6 is 0 Å². The Bertz CT molecular complexity index is 521. The van der Waals surface area contributed by atoms with Crippen molar-refractivity contribution in [1.82, 2.24) is 0 Å². The van der Waals surface area contributed by atoms with Crippen LogP contribution in [-0.2, 0) is 0 Å². The van der Waals surface area contributed by atoms with E-state index in [9.17, 15) is 15.2 Å². The molecule has 0 radical (unpaired) electrons. The van der Waals surface area contributed by atoms with Gasteiger partial charge in [0.05, 0.1) is 18.1 Å². The van der Waals surface area contributed by atoms with Crippen LogP contribution in [-0.4, -0.2) is 35.8 Å². The molecule has 3 rings (SSSR count). The molecular weight excluding hydrogens is 248 g/mol. The second-order valence-corrected chi connectivity index (χ2v) is 5.38. The zero-order valence-electron chi connectivity index (χ0n) is 10.7. The summed E-state index contributed by atoms with van der Waals surface area (Å²) in [6, 6.07) is 4.69. The summed E-state index contributed by atoms with van der Waals surface area (Å²) < 4.78 is 5.08. The van der Waals surface area contributed by atoms with Gasteiger partial charge in [0, 0.05) is 30.9 Å². The predicted octanol–water partition coefficient (Wildman–Crippen LogP) is 1.56. The van der Waals surface area contributed by atoms with Crippen molar-refractivity contribution < 1.29 is 14.8 Å². The van der Waals surface area contributed by atoms with Gasteiger partial charge in [-0.3, -0.25) is 10.1 Å². The molecule has 1 saturated carbocycles. The first kappa shape index (κ1) is 12.2. The van der Waals surface area contributed by atoms with E-state index in [-0.39, 0.29) is 5.69 Å². The molecule has 0 atom stereocenters. The van der Waals surface area contributed by atoms with E-state index in [0.717, 1.165) is 18.5 Å². The molecule has 6 heteroatoms. The molecule has 1 aliphatic heterocycles. The van der Waals surface area contributed by atoms with Crippen molar-refractivity contribution >= 4 is 11.4 Å². The summed E-state index contributed by atoms with van der Waals surface area (Å²) >= 11 is 0. The lowest BCUT2D eigenvalue weighted by Crippen LogP contribution is -2.63. The van der Waals surface area contributed by atoms with Crippen LogP contribution in [0.4, 0.5) is 11.4 Å². The van der Waals surface area contributed by atoms with Gasteiger partial charge in [-0.05, 0) is 18.8 Å². The maximum absolute atomic E-state index is 10.9. The summed E-state index contributed by atoms with van der Waals surface area (Å²) in [7, 11) is 1.49. The van der Waals surface area contributed by atoms with Crippen LogP contribution in [0.15, 0.2) is 18.2 Å². The number of anilines is 1. The molecule has 102 valence electrons. The molecular formula is C13H16N2O4. The average molecular weight is 264 g/mol. The van der Waals surface area contributed by atoms with Crippen molar-refractivity contribution in [2.45, 2.75) is 18.4 Å². The molecule has 2 fully saturated rings. The highest BCUT2D eigenvalue weighted by molar-refractivity contribution is 5.60. The standard InChI is InChI=1S/C13H16N2O4/c1-19-12-5-10(4-11(6-12)15(17)18)14-7-13(16,8-14)9-2-3-9/h4-6,9,16H,2-3,7-8H2,1H3. The third kappa shape index (κ3) is 2.12. The van der Waals surface area contributed by atoms with Crippen LogP contribution in [0.2, 0.25) is 0 Å². The van der Waals surface area contributed by atoms with Gasteiger partial charge in [-0.25, -0.2) is 0 Å². The van der Waals surface area contributed by atoms with Gasteiger partial charge in [-0.2, -0.15) is 0 Å². The van der Waals surface area contributed by atoms with E-state index in [1.54, 1.807) is 6.07 Å². The SMILES string of the molecule is COc1cc(N2CC(O)(C3CC3)C2)cc([N+](=O)[O-])c1. The number of rotatable bonds is 4. The fraction of sp³-hybridized carbons (Fsp3) is 0.538. The van der Waals surface area contributed by atoms with Crippen molar-refractivity contribution in [1.29, 1.82) is 0 Å².